The van der Waals surface area contributed by atoms with E-state index in [4.69, 9.17) is 20.9 Å². The van der Waals surface area contributed by atoms with Crippen molar-refractivity contribution in [3.63, 3.8) is 0 Å². The number of nitrogens with zero attached hydrogens (tertiary/aromatic N) is 1. The summed E-state index contributed by atoms with van der Waals surface area (Å²) < 4.78 is 12.3. The standard InChI is InChI=1S/C18H22BClN2O2/c1-12-10-11-13(19-23-17(2,3)18(4,5)24-19)16(21-12)22-15-9-7-6-8-14(15)20/h6-11H,1-5H3,(H,21,22). The smallest absolute Gasteiger partial charge is 0.399 e. The molecule has 1 saturated heterocycles. The van der Waals surface area contributed by atoms with Crippen molar-refractivity contribution in [2.24, 2.45) is 0 Å². The second-order valence-corrected chi connectivity index (χ2v) is 7.49. The van der Waals surface area contributed by atoms with E-state index in [1.807, 2.05) is 71.0 Å². The lowest BCUT2D eigenvalue weighted by Gasteiger charge is -2.32. The molecule has 4 nitrogen and oxygen atoms in total. The van der Waals surface area contributed by atoms with E-state index in [0.29, 0.717) is 10.8 Å². The fraction of sp³-hybridized carbons (Fsp3) is 0.389. The minimum absolute atomic E-state index is 0.399. The van der Waals surface area contributed by atoms with E-state index in [-0.39, 0.29) is 0 Å². The summed E-state index contributed by atoms with van der Waals surface area (Å²) in [6.07, 6.45) is 0. The van der Waals surface area contributed by atoms with Crippen LogP contribution in [0.5, 0.6) is 0 Å². The van der Waals surface area contributed by atoms with Crippen molar-refractivity contribution in [1.82, 2.24) is 4.98 Å². The summed E-state index contributed by atoms with van der Waals surface area (Å²) in [7, 11) is -0.479. The van der Waals surface area contributed by atoms with Crippen LogP contribution in [0.1, 0.15) is 33.4 Å². The van der Waals surface area contributed by atoms with Gasteiger partial charge in [0, 0.05) is 11.2 Å². The Morgan fingerprint density at radius 1 is 1.00 bits per heavy atom. The van der Waals surface area contributed by atoms with Crippen LogP contribution < -0.4 is 10.8 Å². The highest BCUT2D eigenvalue weighted by atomic mass is 35.5. The number of aryl methyl sites for hydroxylation is 1. The zero-order valence-electron chi connectivity index (χ0n) is 14.7. The zero-order valence-corrected chi connectivity index (χ0v) is 15.4. The number of halogens is 1. The largest absolute Gasteiger partial charge is 0.498 e. The normalized spacial score (nSPS) is 18.7. The van der Waals surface area contributed by atoms with Gasteiger partial charge in [0.15, 0.2) is 0 Å². The molecule has 0 aliphatic carbocycles. The van der Waals surface area contributed by atoms with Gasteiger partial charge < -0.3 is 14.6 Å². The van der Waals surface area contributed by atoms with E-state index in [1.165, 1.54) is 0 Å². The molecule has 0 amide bonds. The maximum Gasteiger partial charge on any atom is 0.498 e. The van der Waals surface area contributed by atoms with Gasteiger partial charge in [-0.1, -0.05) is 29.8 Å². The van der Waals surface area contributed by atoms with Crippen LogP contribution in [0.3, 0.4) is 0 Å². The molecule has 0 saturated carbocycles. The second-order valence-electron chi connectivity index (χ2n) is 7.08. The number of benzene rings is 1. The summed E-state index contributed by atoms with van der Waals surface area (Å²) in [5.74, 6) is 0.696. The molecule has 2 heterocycles. The number of anilines is 2. The molecule has 0 radical (unpaired) electrons. The Morgan fingerprint density at radius 2 is 1.62 bits per heavy atom. The fourth-order valence-electron chi connectivity index (χ4n) is 2.52. The second kappa shape index (κ2) is 6.06. The maximum atomic E-state index is 6.26. The van der Waals surface area contributed by atoms with E-state index < -0.39 is 18.3 Å². The molecule has 1 aromatic heterocycles. The molecule has 0 bridgehead atoms. The molecule has 3 rings (SSSR count). The first-order chi connectivity index (χ1) is 11.2. The molecule has 2 aromatic rings. The first-order valence-electron chi connectivity index (χ1n) is 8.04. The summed E-state index contributed by atoms with van der Waals surface area (Å²) in [6, 6.07) is 11.5. The van der Waals surface area contributed by atoms with Gasteiger partial charge in [0.2, 0.25) is 0 Å². The molecule has 0 unspecified atom stereocenters. The molecule has 0 atom stereocenters. The molecule has 1 fully saturated rings. The molecule has 1 aromatic carbocycles. The minimum atomic E-state index is -0.479. The molecule has 126 valence electrons. The number of aromatic nitrogens is 1. The average molecular weight is 345 g/mol. The van der Waals surface area contributed by atoms with E-state index in [1.54, 1.807) is 0 Å². The number of hydrogen-bond acceptors (Lipinski definition) is 4. The molecule has 1 aliphatic heterocycles. The lowest BCUT2D eigenvalue weighted by molar-refractivity contribution is 0.00578. The molecule has 0 spiro atoms. The highest BCUT2D eigenvalue weighted by Gasteiger charge is 2.52. The van der Waals surface area contributed by atoms with Crippen LogP contribution in [0.25, 0.3) is 0 Å². The van der Waals surface area contributed by atoms with Crippen molar-refractivity contribution in [3.05, 3.63) is 47.1 Å². The van der Waals surface area contributed by atoms with Gasteiger partial charge >= 0.3 is 7.12 Å². The van der Waals surface area contributed by atoms with Crippen LogP contribution in [-0.4, -0.2) is 23.3 Å². The lowest BCUT2D eigenvalue weighted by Crippen LogP contribution is -2.41. The summed E-state index contributed by atoms with van der Waals surface area (Å²) in [5, 5.41) is 3.95. The Balaban J connectivity index is 1.97. The van der Waals surface area contributed by atoms with Crippen LogP contribution in [0.4, 0.5) is 11.5 Å². The third-order valence-corrected chi connectivity index (χ3v) is 5.03. The van der Waals surface area contributed by atoms with Gasteiger partial charge in [-0.2, -0.15) is 0 Å². The van der Waals surface area contributed by atoms with Gasteiger partial charge in [-0.05, 0) is 52.8 Å². The summed E-state index contributed by atoms with van der Waals surface area (Å²) in [5.41, 5.74) is 1.77. The Morgan fingerprint density at radius 3 is 2.25 bits per heavy atom. The van der Waals surface area contributed by atoms with Crippen molar-refractivity contribution in [1.29, 1.82) is 0 Å². The third kappa shape index (κ3) is 3.16. The quantitative estimate of drug-likeness (QED) is 0.852. The number of pyridine rings is 1. The summed E-state index contributed by atoms with van der Waals surface area (Å²) >= 11 is 6.26. The highest BCUT2D eigenvalue weighted by molar-refractivity contribution is 6.63. The number of hydrogen-bond donors (Lipinski definition) is 1. The van der Waals surface area contributed by atoms with Gasteiger partial charge in [-0.15, -0.1) is 0 Å². The fourth-order valence-corrected chi connectivity index (χ4v) is 2.70. The Bertz CT molecular complexity index is 748. The van der Waals surface area contributed by atoms with Gasteiger partial charge in [-0.3, -0.25) is 0 Å². The molecular weight excluding hydrogens is 322 g/mol. The van der Waals surface area contributed by atoms with E-state index in [2.05, 4.69) is 10.3 Å². The predicted octanol–water partition coefficient (Wildman–Crippen LogP) is 4.09. The summed E-state index contributed by atoms with van der Waals surface area (Å²) in [4.78, 5) is 4.62. The molecule has 6 heteroatoms. The van der Waals surface area contributed by atoms with Gasteiger partial charge in [-0.25, -0.2) is 4.98 Å². The van der Waals surface area contributed by atoms with Crippen LogP contribution in [0.2, 0.25) is 5.02 Å². The van der Waals surface area contributed by atoms with Crippen molar-refractivity contribution >= 4 is 35.7 Å². The number of para-hydroxylation sites is 1. The third-order valence-electron chi connectivity index (χ3n) is 4.70. The Hall–Kier alpha value is -1.56. The number of nitrogens with one attached hydrogen (secondary N) is 1. The molecule has 24 heavy (non-hydrogen) atoms. The average Bonchev–Trinajstić information content (AvgIpc) is 2.70. The lowest BCUT2D eigenvalue weighted by atomic mass is 9.79. The van der Waals surface area contributed by atoms with Crippen LogP contribution >= 0.6 is 11.6 Å². The van der Waals surface area contributed by atoms with Gasteiger partial charge in [0.05, 0.1) is 21.9 Å². The van der Waals surface area contributed by atoms with Crippen molar-refractivity contribution in [3.8, 4) is 0 Å². The van der Waals surface area contributed by atoms with Gasteiger partial charge in [0.1, 0.15) is 5.82 Å². The SMILES string of the molecule is Cc1ccc(B2OC(C)(C)C(C)(C)O2)c(Nc2ccccc2Cl)n1. The van der Waals surface area contributed by atoms with Crippen LogP contribution in [0.15, 0.2) is 36.4 Å². The Kier molecular flexibility index (Phi) is 4.37. The topological polar surface area (TPSA) is 43.4 Å². The van der Waals surface area contributed by atoms with E-state index in [9.17, 15) is 0 Å². The van der Waals surface area contributed by atoms with E-state index in [0.717, 1.165) is 16.8 Å². The minimum Gasteiger partial charge on any atom is -0.399 e. The number of rotatable bonds is 3. The first kappa shape index (κ1) is 17.3. The molecular formula is C18H22BClN2O2. The van der Waals surface area contributed by atoms with Crippen LogP contribution in [0, 0.1) is 6.92 Å². The van der Waals surface area contributed by atoms with Crippen LogP contribution in [-0.2, 0) is 9.31 Å². The molecule has 1 N–H and O–H groups in total. The molecule has 1 aliphatic rings. The highest BCUT2D eigenvalue weighted by Crippen LogP contribution is 2.37. The zero-order chi connectivity index (χ0) is 17.5. The predicted molar refractivity (Wildman–Crippen MR) is 99.4 cm³/mol. The first-order valence-corrected chi connectivity index (χ1v) is 8.42. The maximum absolute atomic E-state index is 6.26. The van der Waals surface area contributed by atoms with Crippen molar-refractivity contribution in [2.45, 2.75) is 45.8 Å². The van der Waals surface area contributed by atoms with Gasteiger partial charge in [0.25, 0.3) is 0 Å². The monoisotopic (exact) mass is 344 g/mol. The van der Waals surface area contributed by atoms with Crippen molar-refractivity contribution < 1.29 is 9.31 Å². The summed E-state index contributed by atoms with van der Waals surface area (Å²) in [6.45, 7) is 10.1. The Labute approximate surface area is 148 Å². The van der Waals surface area contributed by atoms with E-state index >= 15 is 0 Å². The van der Waals surface area contributed by atoms with Crippen molar-refractivity contribution in [2.75, 3.05) is 5.32 Å².